The van der Waals surface area contributed by atoms with Crippen molar-refractivity contribution < 1.29 is 9.31 Å². The fourth-order valence-corrected chi connectivity index (χ4v) is 17.1. The van der Waals surface area contributed by atoms with Crippen LogP contribution in [0.3, 0.4) is 0 Å². The Morgan fingerprint density at radius 3 is 1.12 bits per heavy atom. The minimum atomic E-state index is -0.353. The van der Waals surface area contributed by atoms with Crippen molar-refractivity contribution >= 4 is 173 Å². The number of benzene rings is 13. The van der Waals surface area contributed by atoms with Gasteiger partial charge in [-0.15, -0.1) is 22.7 Å². The molecular weight excluding hydrogens is 1370 g/mol. The van der Waals surface area contributed by atoms with Crippen LogP contribution in [0.1, 0.15) is 27.7 Å². The molecule has 12 heteroatoms. The Labute approximate surface area is 590 Å². The van der Waals surface area contributed by atoms with E-state index in [-0.39, 0.29) is 29.2 Å². The van der Waals surface area contributed by atoms with E-state index in [2.05, 4.69) is 316 Å². The van der Waals surface area contributed by atoms with Crippen molar-refractivity contribution in [3.63, 3.8) is 0 Å². The normalized spacial score (nSPS) is 13.6. The number of fused-ring (bicyclic) bond motifs is 13. The second kappa shape index (κ2) is 24.5. The molecule has 0 aliphatic carbocycles. The van der Waals surface area contributed by atoms with E-state index in [1.165, 1.54) is 59.9 Å². The van der Waals surface area contributed by atoms with Gasteiger partial charge >= 0.3 is 7.12 Å². The molecule has 7 nitrogen and oxygen atoms in total. The van der Waals surface area contributed by atoms with E-state index >= 15 is 0 Å². The quantitative estimate of drug-likeness (QED) is 0.123. The first-order chi connectivity index (χ1) is 47.7. The first-order valence-electron chi connectivity index (χ1n) is 32.7. The molecule has 18 aromatic rings. The molecule has 1 aliphatic rings. The zero-order valence-corrected chi connectivity index (χ0v) is 58.6. The molecule has 0 N–H and O–H groups in total. The lowest BCUT2D eigenvalue weighted by Crippen LogP contribution is -2.41. The van der Waals surface area contributed by atoms with Crippen LogP contribution in [0.4, 0.5) is 0 Å². The highest BCUT2D eigenvalue weighted by Gasteiger charge is 2.51. The molecule has 0 unspecified atom stereocenters. The second-order valence-electron chi connectivity index (χ2n) is 26.0. The van der Waals surface area contributed by atoms with Crippen molar-refractivity contribution in [1.82, 2.24) is 13.7 Å². The average Bonchev–Trinajstić information content (AvgIpc) is 1.53. The molecule has 1 saturated heterocycles. The SMILES string of the molecule is CC1(C)OB(c2ccc3c(c2)c2ccccc2n3-c2ccccc2)OC1(C)C.O=c1c2ccc(-c3ccc4c(c3)c3ccccc3n4-c3ccccc3)cc2sc2ccc(-c3ccc4c(c3)c3ccccc3n4-c3ccccc3)cc12.O=c1c2ccc(Br)cc2sc2ccc(Br)cc12. The molecule has 0 bridgehead atoms. The topological polar surface area (TPSA) is 67.4 Å². The minimum absolute atomic E-state index is 0.0743. The number of para-hydroxylation sites is 6. The Balaban J connectivity index is 0.000000132. The Hall–Kier alpha value is -10.0. The maximum absolute atomic E-state index is 14.1. The summed E-state index contributed by atoms with van der Waals surface area (Å²) in [6.45, 7) is 8.36. The standard InChI is InChI=1S/C49H30N2OS.C24H24BNO2.C13H6Br2OS/c52-49-39-23-19-34(32-21-25-46-41(28-32)38-16-8-10-18-44(38)51(46)36-13-5-2-6-14-36)30-48(39)53-47-26-22-33(29-42(47)49)31-20-24-45-40(27-31)37-15-7-9-17-43(37)50(45)35-11-3-1-4-12-35;1-23(2)24(3,4)28-25(27-23)17-14-15-22-20(16-17)19-12-8-9-13-21(19)26(22)18-10-6-5-7-11-18;14-7-2-4-11-10(5-7)13(16)9-3-1-8(15)6-12(9)17-11/h1-30H;5-16H,1-4H3;1-6H. The Bertz CT molecular complexity index is 6340. The fourth-order valence-electron chi connectivity index (χ4n) is 14.0. The monoisotopic (exact) mass is 1430 g/mol. The van der Waals surface area contributed by atoms with Crippen LogP contribution in [-0.2, 0) is 9.31 Å². The van der Waals surface area contributed by atoms with Gasteiger partial charge in [0, 0.05) is 98.7 Å². The number of halogens is 2. The number of hydrogen-bond donors (Lipinski definition) is 0. The Kier molecular flexibility index (Phi) is 15.4. The van der Waals surface area contributed by atoms with Gasteiger partial charge in [0.25, 0.3) is 0 Å². The van der Waals surface area contributed by atoms with Crippen molar-refractivity contribution in [2.45, 2.75) is 38.9 Å². The summed E-state index contributed by atoms with van der Waals surface area (Å²) in [5, 5.41) is 10.4. The van der Waals surface area contributed by atoms with Gasteiger partial charge in [0.1, 0.15) is 0 Å². The van der Waals surface area contributed by atoms with E-state index < -0.39 is 0 Å². The lowest BCUT2D eigenvalue weighted by molar-refractivity contribution is 0.00578. The van der Waals surface area contributed by atoms with E-state index in [1.54, 1.807) is 22.7 Å². The number of aromatic nitrogens is 3. The minimum Gasteiger partial charge on any atom is -0.399 e. The average molecular weight is 1430 g/mol. The van der Waals surface area contributed by atoms with Crippen LogP contribution in [0.15, 0.2) is 310 Å². The molecule has 1 aliphatic heterocycles. The molecule has 0 spiro atoms. The smallest absolute Gasteiger partial charge is 0.399 e. The molecule has 0 amide bonds. The Morgan fingerprint density at radius 2 is 0.633 bits per heavy atom. The van der Waals surface area contributed by atoms with Gasteiger partial charge in [-0.3, -0.25) is 9.59 Å². The van der Waals surface area contributed by atoms with Gasteiger partial charge in [-0.2, -0.15) is 0 Å². The van der Waals surface area contributed by atoms with Crippen molar-refractivity contribution in [2.75, 3.05) is 0 Å². The highest BCUT2D eigenvalue weighted by atomic mass is 79.9. The van der Waals surface area contributed by atoms with Crippen LogP contribution < -0.4 is 16.3 Å². The summed E-state index contributed by atoms with van der Waals surface area (Å²) < 4.78 is 25.5. The van der Waals surface area contributed by atoms with Gasteiger partial charge in [-0.1, -0.05) is 177 Å². The predicted molar refractivity (Wildman–Crippen MR) is 423 cm³/mol. The van der Waals surface area contributed by atoms with Crippen LogP contribution in [0, 0.1) is 0 Å². The number of hydrogen-bond acceptors (Lipinski definition) is 6. The van der Waals surface area contributed by atoms with Gasteiger partial charge in [-0.05, 0) is 201 Å². The number of rotatable bonds is 6. The summed E-state index contributed by atoms with van der Waals surface area (Å²) in [6.07, 6.45) is 0. The van der Waals surface area contributed by atoms with Gasteiger partial charge in [0.15, 0.2) is 10.9 Å². The molecule has 0 saturated carbocycles. The maximum Gasteiger partial charge on any atom is 0.494 e. The van der Waals surface area contributed by atoms with Crippen molar-refractivity contribution in [3.05, 3.63) is 321 Å². The number of nitrogens with zero attached hydrogens (tertiary/aromatic N) is 3. The third-order valence-corrected chi connectivity index (χ3v) is 22.8. The van der Waals surface area contributed by atoms with Crippen LogP contribution in [0.5, 0.6) is 0 Å². The van der Waals surface area contributed by atoms with Crippen LogP contribution in [0.2, 0.25) is 0 Å². The molecule has 0 atom stereocenters. The summed E-state index contributed by atoms with van der Waals surface area (Å²) in [7, 11) is -0.353. The molecule has 5 aromatic heterocycles. The van der Waals surface area contributed by atoms with Gasteiger partial charge < -0.3 is 23.0 Å². The third kappa shape index (κ3) is 10.7. The summed E-state index contributed by atoms with van der Waals surface area (Å²) in [5.74, 6) is 0. The van der Waals surface area contributed by atoms with Gasteiger partial charge in [-0.25, -0.2) is 0 Å². The Morgan fingerprint density at radius 1 is 0.296 bits per heavy atom. The predicted octanol–water partition coefficient (Wildman–Crippen LogP) is 23.0. The summed E-state index contributed by atoms with van der Waals surface area (Å²) >= 11 is 10.2. The summed E-state index contributed by atoms with van der Waals surface area (Å²) in [6, 6.07) is 101. The zero-order chi connectivity index (χ0) is 66.6. The van der Waals surface area contributed by atoms with E-state index in [1.807, 2.05) is 48.5 Å². The molecule has 19 rings (SSSR count). The third-order valence-electron chi connectivity index (χ3n) is 19.5. The van der Waals surface area contributed by atoms with Crippen LogP contribution in [-0.4, -0.2) is 32.0 Å². The van der Waals surface area contributed by atoms with Crippen molar-refractivity contribution in [1.29, 1.82) is 0 Å². The first-order valence-corrected chi connectivity index (χ1v) is 35.9. The molecule has 98 heavy (non-hydrogen) atoms. The van der Waals surface area contributed by atoms with Crippen LogP contribution >= 0.6 is 54.5 Å². The highest BCUT2D eigenvalue weighted by Crippen LogP contribution is 2.41. The fraction of sp³-hybridized carbons (Fsp3) is 0.0698. The van der Waals surface area contributed by atoms with Crippen molar-refractivity contribution in [3.8, 4) is 39.3 Å². The molecule has 1 fully saturated rings. The molecule has 6 heterocycles. The first kappa shape index (κ1) is 61.6. The summed E-state index contributed by atoms with van der Waals surface area (Å²) in [5.41, 5.74) is 15.5. The van der Waals surface area contributed by atoms with E-state index in [4.69, 9.17) is 9.31 Å². The van der Waals surface area contributed by atoms with Crippen molar-refractivity contribution in [2.24, 2.45) is 0 Å². The van der Waals surface area contributed by atoms with E-state index in [9.17, 15) is 9.59 Å². The largest absolute Gasteiger partial charge is 0.494 e. The summed E-state index contributed by atoms with van der Waals surface area (Å²) in [4.78, 5) is 26.4. The maximum atomic E-state index is 14.1. The highest BCUT2D eigenvalue weighted by molar-refractivity contribution is 9.10. The van der Waals surface area contributed by atoms with Gasteiger partial charge in [0.2, 0.25) is 0 Å². The molecule has 13 aromatic carbocycles. The molecular formula is C86H60BBr2N3O4S2. The zero-order valence-electron chi connectivity index (χ0n) is 53.8. The van der Waals surface area contributed by atoms with Gasteiger partial charge in [0.05, 0.1) is 44.3 Å². The second-order valence-corrected chi connectivity index (χ2v) is 30.0. The molecule has 0 radical (unpaired) electrons. The van der Waals surface area contributed by atoms with E-state index in [0.717, 1.165) is 99.6 Å². The lowest BCUT2D eigenvalue weighted by Gasteiger charge is -2.32. The molecule has 472 valence electrons. The van der Waals surface area contributed by atoms with E-state index in [0.29, 0.717) is 0 Å². The lowest BCUT2D eigenvalue weighted by atomic mass is 9.78. The van der Waals surface area contributed by atoms with Crippen LogP contribution in [0.25, 0.3) is 145 Å².